The van der Waals surface area contributed by atoms with Crippen LogP contribution in [0.4, 0.5) is 0 Å². The van der Waals surface area contributed by atoms with Crippen LogP contribution in [-0.4, -0.2) is 35.0 Å². The number of nitrogens with zero attached hydrogens (tertiary/aromatic N) is 2. The fraction of sp³-hybridized carbons (Fsp3) is 0.368. The van der Waals surface area contributed by atoms with Crippen molar-refractivity contribution in [1.29, 1.82) is 5.26 Å². The van der Waals surface area contributed by atoms with E-state index in [1.165, 1.54) is 0 Å². The standard InChI is InChI=1S/C19H21N3O3/c20-11-14-5-7-15(8-6-14)18(23)13-22-9-1-4-17(22)19(24)21-12-16-3-2-10-25-16/h2-3,5-8,10,17-18,23H,1,4,9,12-13H2,(H,21,24). The Morgan fingerprint density at radius 3 is 2.88 bits per heavy atom. The maximum absolute atomic E-state index is 12.4. The average molecular weight is 339 g/mol. The minimum atomic E-state index is -0.689. The summed E-state index contributed by atoms with van der Waals surface area (Å²) in [4.78, 5) is 14.5. The van der Waals surface area contributed by atoms with Crippen LogP contribution in [0.2, 0.25) is 0 Å². The van der Waals surface area contributed by atoms with Crippen LogP contribution in [0.5, 0.6) is 0 Å². The minimum absolute atomic E-state index is 0.0408. The number of carbonyl (C=O) groups excluding carboxylic acids is 1. The maximum atomic E-state index is 12.4. The Balaban J connectivity index is 1.56. The van der Waals surface area contributed by atoms with Gasteiger partial charge < -0.3 is 14.8 Å². The second-order valence-corrected chi connectivity index (χ2v) is 6.20. The molecule has 3 rings (SSSR count). The van der Waals surface area contributed by atoms with Crippen LogP contribution in [0.15, 0.2) is 47.1 Å². The highest BCUT2D eigenvalue weighted by Crippen LogP contribution is 2.22. The molecule has 6 nitrogen and oxygen atoms in total. The normalized spacial score (nSPS) is 18.6. The van der Waals surface area contributed by atoms with Gasteiger partial charge in [-0.3, -0.25) is 9.69 Å². The Kier molecular flexibility index (Phi) is 5.49. The van der Waals surface area contributed by atoms with E-state index in [2.05, 4.69) is 11.4 Å². The van der Waals surface area contributed by atoms with Gasteiger partial charge >= 0.3 is 0 Å². The monoisotopic (exact) mass is 339 g/mol. The third-order valence-corrected chi connectivity index (χ3v) is 4.52. The number of benzene rings is 1. The van der Waals surface area contributed by atoms with Gasteiger partial charge in [0.25, 0.3) is 0 Å². The molecular formula is C19H21N3O3. The number of rotatable bonds is 6. The molecule has 1 amide bonds. The summed E-state index contributed by atoms with van der Waals surface area (Å²) >= 11 is 0. The van der Waals surface area contributed by atoms with Crippen molar-refractivity contribution in [3.8, 4) is 6.07 Å². The zero-order valence-corrected chi connectivity index (χ0v) is 13.9. The highest BCUT2D eigenvalue weighted by atomic mass is 16.3. The summed E-state index contributed by atoms with van der Waals surface area (Å²) in [5.74, 6) is 0.677. The van der Waals surface area contributed by atoms with Gasteiger partial charge in [-0.1, -0.05) is 12.1 Å². The van der Waals surface area contributed by atoms with Crippen molar-refractivity contribution in [2.75, 3.05) is 13.1 Å². The summed E-state index contributed by atoms with van der Waals surface area (Å²) in [6.45, 7) is 1.55. The molecule has 1 aliphatic heterocycles. The number of furan rings is 1. The molecule has 1 aromatic carbocycles. The smallest absolute Gasteiger partial charge is 0.237 e. The number of aliphatic hydroxyl groups is 1. The largest absolute Gasteiger partial charge is 0.467 e. The number of carbonyl (C=O) groups is 1. The van der Waals surface area contributed by atoms with Crippen LogP contribution in [0, 0.1) is 11.3 Å². The van der Waals surface area contributed by atoms with E-state index in [-0.39, 0.29) is 11.9 Å². The summed E-state index contributed by atoms with van der Waals surface area (Å²) in [7, 11) is 0. The summed E-state index contributed by atoms with van der Waals surface area (Å²) in [5.41, 5.74) is 1.31. The van der Waals surface area contributed by atoms with Gasteiger partial charge in [0, 0.05) is 6.54 Å². The van der Waals surface area contributed by atoms with Crippen LogP contribution >= 0.6 is 0 Å². The van der Waals surface area contributed by atoms with Gasteiger partial charge in [-0.25, -0.2) is 0 Å². The molecule has 0 radical (unpaired) electrons. The number of amides is 1. The van der Waals surface area contributed by atoms with Crippen molar-refractivity contribution in [1.82, 2.24) is 10.2 Å². The van der Waals surface area contributed by atoms with Gasteiger partial charge in [-0.15, -0.1) is 0 Å². The Morgan fingerprint density at radius 2 is 2.20 bits per heavy atom. The van der Waals surface area contributed by atoms with Gasteiger partial charge in [0.2, 0.25) is 5.91 Å². The molecule has 6 heteroatoms. The first kappa shape index (κ1) is 17.2. The lowest BCUT2D eigenvalue weighted by Crippen LogP contribution is -2.44. The second-order valence-electron chi connectivity index (χ2n) is 6.20. The number of nitriles is 1. The molecule has 1 fully saturated rings. The molecule has 130 valence electrons. The van der Waals surface area contributed by atoms with E-state index in [4.69, 9.17) is 9.68 Å². The fourth-order valence-corrected chi connectivity index (χ4v) is 3.15. The zero-order chi connectivity index (χ0) is 17.6. The average Bonchev–Trinajstić information content (AvgIpc) is 3.31. The van der Waals surface area contributed by atoms with E-state index in [1.807, 2.05) is 11.0 Å². The SMILES string of the molecule is N#Cc1ccc(C(O)CN2CCCC2C(=O)NCc2ccco2)cc1. The second kappa shape index (κ2) is 7.97. The van der Waals surface area contributed by atoms with E-state index >= 15 is 0 Å². The molecule has 1 saturated heterocycles. The van der Waals surface area contributed by atoms with E-state index in [1.54, 1.807) is 36.6 Å². The van der Waals surface area contributed by atoms with Gasteiger partial charge in [-0.2, -0.15) is 5.26 Å². The minimum Gasteiger partial charge on any atom is -0.467 e. The quantitative estimate of drug-likeness (QED) is 0.840. The molecular weight excluding hydrogens is 318 g/mol. The molecule has 2 heterocycles. The Labute approximate surface area is 146 Å². The van der Waals surface area contributed by atoms with Crippen molar-refractivity contribution in [3.63, 3.8) is 0 Å². The van der Waals surface area contributed by atoms with Crippen molar-refractivity contribution in [3.05, 3.63) is 59.5 Å². The predicted octanol–water partition coefficient (Wildman–Crippen LogP) is 1.97. The van der Waals surface area contributed by atoms with Crippen LogP contribution in [0.3, 0.4) is 0 Å². The molecule has 0 aliphatic carbocycles. The lowest BCUT2D eigenvalue weighted by atomic mass is 10.1. The molecule has 2 aromatic rings. The number of hydrogen-bond donors (Lipinski definition) is 2. The zero-order valence-electron chi connectivity index (χ0n) is 13.9. The molecule has 0 spiro atoms. The Morgan fingerprint density at radius 1 is 1.40 bits per heavy atom. The molecule has 0 saturated carbocycles. The summed E-state index contributed by atoms with van der Waals surface area (Å²) < 4.78 is 5.22. The van der Waals surface area contributed by atoms with E-state index < -0.39 is 6.10 Å². The number of aliphatic hydroxyl groups excluding tert-OH is 1. The van der Waals surface area contributed by atoms with E-state index in [0.29, 0.717) is 18.7 Å². The topological polar surface area (TPSA) is 89.5 Å². The molecule has 2 N–H and O–H groups in total. The molecule has 1 aliphatic rings. The van der Waals surface area contributed by atoms with Gasteiger partial charge in [0.05, 0.1) is 36.6 Å². The van der Waals surface area contributed by atoms with Crippen molar-refractivity contribution >= 4 is 5.91 Å². The lowest BCUT2D eigenvalue weighted by Gasteiger charge is -2.26. The summed E-state index contributed by atoms with van der Waals surface area (Å²) in [6.07, 6.45) is 2.60. The number of nitrogens with one attached hydrogen (secondary N) is 1. The van der Waals surface area contributed by atoms with E-state index in [9.17, 15) is 9.90 Å². The Hall–Kier alpha value is -2.62. The van der Waals surface area contributed by atoms with E-state index in [0.717, 1.165) is 30.7 Å². The molecule has 0 bridgehead atoms. The Bertz CT molecular complexity index is 734. The lowest BCUT2D eigenvalue weighted by molar-refractivity contribution is -0.126. The van der Waals surface area contributed by atoms with Crippen LogP contribution in [0.25, 0.3) is 0 Å². The fourth-order valence-electron chi connectivity index (χ4n) is 3.15. The molecule has 2 unspecified atom stereocenters. The highest BCUT2D eigenvalue weighted by molar-refractivity contribution is 5.81. The highest BCUT2D eigenvalue weighted by Gasteiger charge is 2.32. The first-order valence-electron chi connectivity index (χ1n) is 8.39. The van der Waals surface area contributed by atoms with Gasteiger partial charge in [0.1, 0.15) is 5.76 Å². The molecule has 2 atom stereocenters. The molecule has 25 heavy (non-hydrogen) atoms. The van der Waals surface area contributed by atoms with Gasteiger partial charge in [0.15, 0.2) is 0 Å². The summed E-state index contributed by atoms with van der Waals surface area (Å²) in [6, 6.07) is 12.3. The number of likely N-dealkylation sites (tertiary alicyclic amines) is 1. The maximum Gasteiger partial charge on any atom is 0.237 e. The van der Waals surface area contributed by atoms with Crippen LogP contribution in [0.1, 0.15) is 35.8 Å². The third-order valence-electron chi connectivity index (χ3n) is 4.52. The van der Waals surface area contributed by atoms with Crippen molar-refractivity contribution < 1.29 is 14.3 Å². The van der Waals surface area contributed by atoms with Crippen LogP contribution in [-0.2, 0) is 11.3 Å². The van der Waals surface area contributed by atoms with Gasteiger partial charge in [-0.05, 0) is 49.2 Å². The first-order chi connectivity index (χ1) is 12.2. The number of hydrogen-bond acceptors (Lipinski definition) is 5. The number of β-amino-alcohol motifs (C(OH)–C–C–N with tert-alkyl or cyclic N) is 1. The van der Waals surface area contributed by atoms with Crippen LogP contribution < -0.4 is 5.32 Å². The predicted molar refractivity (Wildman–Crippen MR) is 91.3 cm³/mol. The van der Waals surface area contributed by atoms with Crippen molar-refractivity contribution in [2.45, 2.75) is 31.5 Å². The van der Waals surface area contributed by atoms with Crippen molar-refractivity contribution in [2.24, 2.45) is 0 Å². The third kappa shape index (κ3) is 4.27. The molecule has 1 aromatic heterocycles. The first-order valence-corrected chi connectivity index (χ1v) is 8.39. The summed E-state index contributed by atoms with van der Waals surface area (Å²) in [5, 5.41) is 22.2.